The van der Waals surface area contributed by atoms with Crippen LogP contribution in [-0.4, -0.2) is 21.1 Å². The lowest BCUT2D eigenvalue weighted by Gasteiger charge is -2.17. The molecule has 0 saturated carbocycles. The minimum absolute atomic E-state index is 0.658. The van der Waals surface area contributed by atoms with Gasteiger partial charge in [0.1, 0.15) is 0 Å². The molecule has 2 heteroatoms. The lowest BCUT2D eigenvalue weighted by Crippen LogP contribution is -2.22. The fourth-order valence-electron chi connectivity index (χ4n) is 1.66. The van der Waals surface area contributed by atoms with Gasteiger partial charge in [0.25, 0.3) is 0 Å². The van der Waals surface area contributed by atoms with Gasteiger partial charge in [0.2, 0.25) is 0 Å². The zero-order valence-electron chi connectivity index (χ0n) is 7.64. The van der Waals surface area contributed by atoms with Crippen molar-refractivity contribution in [1.82, 2.24) is 0 Å². The zero-order valence-corrected chi connectivity index (χ0v) is 8.80. The monoisotopic (exact) mass is 170 g/mol. The summed E-state index contributed by atoms with van der Waals surface area (Å²) in [4.78, 5) is 0. The highest BCUT2D eigenvalue weighted by molar-refractivity contribution is 6.51. The molecule has 1 aliphatic heterocycles. The fraction of sp³-hybridized carbons (Fsp3) is 1.00. The molecule has 0 aromatic heterocycles. The van der Waals surface area contributed by atoms with Crippen molar-refractivity contribution in [3.05, 3.63) is 0 Å². The topological polar surface area (TPSA) is 9.23 Å². The lowest BCUT2D eigenvalue weighted by atomic mass is 10.3. The van der Waals surface area contributed by atoms with E-state index in [-0.39, 0.29) is 0 Å². The van der Waals surface area contributed by atoms with Crippen molar-refractivity contribution >= 4 is 14.5 Å². The minimum atomic E-state index is -0.658. The Balaban J connectivity index is 1.96. The zero-order chi connectivity index (χ0) is 7.94. The van der Waals surface area contributed by atoms with Gasteiger partial charge in [-0.05, 0) is 6.42 Å². The molecule has 1 fully saturated rings. The third kappa shape index (κ3) is 4.16. The molecule has 1 nitrogen and oxygen atoms in total. The normalized spacial score (nSPS) is 18.8. The van der Waals surface area contributed by atoms with Gasteiger partial charge in [0, 0.05) is 6.61 Å². The second-order valence-electron chi connectivity index (χ2n) is 3.48. The van der Waals surface area contributed by atoms with Crippen LogP contribution in [0.2, 0.25) is 10.6 Å². The predicted octanol–water partition coefficient (Wildman–Crippen LogP) is 2.98. The van der Waals surface area contributed by atoms with Gasteiger partial charge in [-0.25, -0.2) is 0 Å². The number of hydrogen-bond donors (Lipinski definition) is 0. The van der Waals surface area contributed by atoms with E-state index in [0.717, 1.165) is 6.61 Å². The third-order valence-electron chi connectivity index (χ3n) is 2.40. The average molecular weight is 170 g/mol. The van der Waals surface area contributed by atoms with Crippen LogP contribution in [0, 0.1) is 0 Å². The second-order valence-corrected chi connectivity index (χ2v) is 6.22. The highest BCUT2D eigenvalue weighted by Crippen LogP contribution is 2.16. The van der Waals surface area contributed by atoms with E-state index < -0.39 is 14.5 Å². The molecule has 1 saturated heterocycles. The lowest BCUT2D eigenvalue weighted by molar-refractivity contribution is 0.285. The highest BCUT2D eigenvalue weighted by Gasteiger charge is 2.22. The van der Waals surface area contributed by atoms with Gasteiger partial charge in [-0.2, -0.15) is 0 Å². The van der Waals surface area contributed by atoms with E-state index in [1.807, 2.05) is 0 Å². The maximum atomic E-state index is 5.76. The Morgan fingerprint density at radius 3 is 2.82 bits per heavy atom. The van der Waals surface area contributed by atoms with E-state index in [9.17, 15) is 0 Å². The molecular weight excluding hydrogens is 151 g/mol. The highest BCUT2D eigenvalue weighted by atomic mass is 27.2. The van der Waals surface area contributed by atoms with Gasteiger partial charge in [-0.3, -0.25) is 0 Å². The SMILES string of the molecule is CCCC[CH2][Al]1[CH2]CCC[O]1. The molecule has 1 rings (SSSR count). The van der Waals surface area contributed by atoms with E-state index in [1.165, 1.54) is 42.7 Å². The van der Waals surface area contributed by atoms with Crippen LogP contribution in [0.25, 0.3) is 0 Å². The summed E-state index contributed by atoms with van der Waals surface area (Å²) in [7, 11) is 0. The van der Waals surface area contributed by atoms with Crippen molar-refractivity contribution in [2.45, 2.75) is 49.6 Å². The summed E-state index contributed by atoms with van der Waals surface area (Å²) in [6, 6.07) is 0. The van der Waals surface area contributed by atoms with Crippen molar-refractivity contribution in [3.8, 4) is 0 Å². The molecule has 11 heavy (non-hydrogen) atoms. The maximum absolute atomic E-state index is 5.76. The molecule has 64 valence electrons. The Morgan fingerprint density at radius 1 is 1.27 bits per heavy atom. The summed E-state index contributed by atoms with van der Waals surface area (Å²) in [6.45, 7) is 3.34. The first-order valence-electron chi connectivity index (χ1n) is 5.05. The van der Waals surface area contributed by atoms with E-state index in [0.29, 0.717) is 0 Å². The van der Waals surface area contributed by atoms with E-state index in [1.54, 1.807) is 0 Å². The largest absolute Gasteiger partial charge is 0.501 e. The molecule has 1 heterocycles. The molecule has 0 aromatic carbocycles. The van der Waals surface area contributed by atoms with Crippen molar-refractivity contribution < 1.29 is 3.79 Å². The van der Waals surface area contributed by atoms with Crippen LogP contribution in [0.3, 0.4) is 0 Å². The molecule has 0 amide bonds. The minimum Gasteiger partial charge on any atom is -0.501 e. The second kappa shape index (κ2) is 6.06. The number of unbranched alkanes of at least 4 members (excludes halogenated alkanes) is 2. The fourth-order valence-corrected chi connectivity index (χ4v) is 4.27. The van der Waals surface area contributed by atoms with Gasteiger partial charge < -0.3 is 3.79 Å². The quantitative estimate of drug-likeness (QED) is 0.465. The maximum Gasteiger partial charge on any atom is 0.460 e. The van der Waals surface area contributed by atoms with Gasteiger partial charge in [0.15, 0.2) is 0 Å². The average Bonchev–Trinajstić information content (AvgIpc) is 2.07. The van der Waals surface area contributed by atoms with Crippen LogP contribution in [0.4, 0.5) is 0 Å². The molecule has 0 spiro atoms. The molecule has 0 aliphatic carbocycles. The molecule has 1 aliphatic rings. The first kappa shape index (κ1) is 9.58. The molecule has 0 bridgehead atoms. The predicted molar refractivity (Wildman–Crippen MR) is 50.1 cm³/mol. The summed E-state index contributed by atoms with van der Waals surface area (Å²) in [5, 5.41) is 2.89. The standard InChI is InChI=1S/C5H11.C4H8O.Al/c1-3-5-4-2;1-2-3-4-5;/h1,3-5H2,2H3;1-4H2;/q;-1;+1. The summed E-state index contributed by atoms with van der Waals surface area (Å²) in [6.07, 6.45) is 6.95. The molecule has 0 aromatic rings. The van der Waals surface area contributed by atoms with Crippen LogP contribution in [0.1, 0.15) is 39.0 Å². The van der Waals surface area contributed by atoms with Gasteiger partial charge in [-0.15, -0.1) is 0 Å². The van der Waals surface area contributed by atoms with Crippen molar-refractivity contribution in [1.29, 1.82) is 0 Å². The van der Waals surface area contributed by atoms with E-state index >= 15 is 0 Å². The van der Waals surface area contributed by atoms with E-state index in [2.05, 4.69) is 6.92 Å². The summed E-state index contributed by atoms with van der Waals surface area (Å²) < 4.78 is 5.76. The Morgan fingerprint density at radius 2 is 2.18 bits per heavy atom. The van der Waals surface area contributed by atoms with Gasteiger partial charge >= 0.3 is 14.5 Å². The van der Waals surface area contributed by atoms with Crippen molar-refractivity contribution in [2.24, 2.45) is 0 Å². The van der Waals surface area contributed by atoms with Crippen molar-refractivity contribution in [2.75, 3.05) is 6.61 Å². The molecule has 0 atom stereocenters. The van der Waals surface area contributed by atoms with Crippen molar-refractivity contribution in [3.63, 3.8) is 0 Å². The Kier molecular flexibility index (Phi) is 5.28. The van der Waals surface area contributed by atoms with Crippen LogP contribution in [-0.2, 0) is 3.79 Å². The summed E-state index contributed by atoms with van der Waals surface area (Å²) in [5.74, 6) is 0. The smallest absolute Gasteiger partial charge is 0.460 e. The van der Waals surface area contributed by atoms with Crippen LogP contribution in [0.5, 0.6) is 0 Å². The first-order chi connectivity index (χ1) is 5.43. The molecule has 0 radical (unpaired) electrons. The van der Waals surface area contributed by atoms with Gasteiger partial charge in [-0.1, -0.05) is 43.2 Å². The van der Waals surface area contributed by atoms with Crippen LogP contribution < -0.4 is 0 Å². The van der Waals surface area contributed by atoms with Crippen LogP contribution in [0.15, 0.2) is 0 Å². The van der Waals surface area contributed by atoms with Gasteiger partial charge in [0.05, 0.1) is 0 Å². The first-order valence-corrected chi connectivity index (χ1v) is 7.15. The molecule has 0 N–H and O–H groups in total. The number of rotatable bonds is 4. The Labute approximate surface area is 74.9 Å². The molecular formula is C9H19AlO. The third-order valence-corrected chi connectivity index (χ3v) is 5.22. The Hall–Kier alpha value is 0.492. The number of hydrogen-bond acceptors (Lipinski definition) is 1. The summed E-state index contributed by atoms with van der Waals surface area (Å²) >= 11 is -0.658. The van der Waals surface area contributed by atoms with Crippen LogP contribution >= 0.6 is 0 Å². The van der Waals surface area contributed by atoms with E-state index in [4.69, 9.17) is 3.79 Å². The Bertz CT molecular complexity index is 89.6. The summed E-state index contributed by atoms with van der Waals surface area (Å²) in [5.41, 5.74) is 0. The molecule has 0 unspecified atom stereocenters.